The molecule has 0 atom stereocenters. The maximum Gasteiger partial charge on any atom is 0.341 e. The molecular weight excluding hydrogens is 258 g/mol. The minimum Gasteiger partial charge on any atom is -0.465 e. The molecule has 1 aliphatic heterocycles. The Morgan fingerprint density at radius 1 is 1.40 bits per heavy atom. The van der Waals surface area contributed by atoms with Crippen LogP contribution in [0.4, 0.5) is 5.95 Å². The Balaban J connectivity index is 1.91. The first kappa shape index (κ1) is 13.3. The highest BCUT2D eigenvalue weighted by Gasteiger charge is 2.28. The predicted molar refractivity (Wildman–Crippen MR) is 73.0 cm³/mol. The van der Waals surface area contributed by atoms with Crippen molar-refractivity contribution < 1.29 is 14.3 Å². The number of rotatable bonds is 3. The van der Waals surface area contributed by atoms with Crippen LogP contribution in [0.3, 0.4) is 0 Å². The zero-order chi connectivity index (χ0) is 13.9. The van der Waals surface area contributed by atoms with Crippen LogP contribution in [0, 0.1) is 0 Å². The van der Waals surface area contributed by atoms with Crippen molar-refractivity contribution in [1.29, 1.82) is 0 Å². The molecule has 1 saturated carbocycles. The van der Waals surface area contributed by atoms with Crippen molar-refractivity contribution in [2.45, 2.75) is 25.2 Å². The van der Waals surface area contributed by atoms with E-state index in [0.29, 0.717) is 30.6 Å². The summed E-state index contributed by atoms with van der Waals surface area (Å²) < 4.78 is 10.2. The van der Waals surface area contributed by atoms with Crippen molar-refractivity contribution >= 4 is 11.9 Å². The van der Waals surface area contributed by atoms with Crippen molar-refractivity contribution in [3.63, 3.8) is 0 Å². The van der Waals surface area contributed by atoms with Gasteiger partial charge in [0.25, 0.3) is 0 Å². The molecule has 6 nitrogen and oxygen atoms in total. The molecule has 0 bridgehead atoms. The van der Waals surface area contributed by atoms with Crippen LogP contribution in [-0.2, 0) is 9.47 Å². The van der Waals surface area contributed by atoms with Crippen molar-refractivity contribution in [2.24, 2.45) is 0 Å². The molecule has 1 aliphatic carbocycles. The number of carbonyl (C=O) groups excluding carboxylic acids is 1. The summed E-state index contributed by atoms with van der Waals surface area (Å²) in [6.45, 7) is 2.98. The van der Waals surface area contributed by atoms with E-state index in [-0.39, 0.29) is 5.97 Å². The molecular formula is C14H19N3O3. The van der Waals surface area contributed by atoms with Gasteiger partial charge < -0.3 is 14.4 Å². The number of anilines is 1. The second-order valence-electron chi connectivity index (χ2n) is 5.19. The Morgan fingerprint density at radius 3 is 2.75 bits per heavy atom. The maximum absolute atomic E-state index is 11.8. The molecule has 0 radical (unpaired) electrons. The number of ether oxygens (including phenoxy) is 2. The number of methoxy groups -OCH3 is 1. The Bertz CT molecular complexity index is 496. The van der Waals surface area contributed by atoms with Crippen molar-refractivity contribution in [3.05, 3.63) is 17.5 Å². The Hall–Kier alpha value is -1.69. The number of carbonyl (C=O) groups is 1. The van der Waals surface area contributed by atoms with Gasteiger partial charge >= 0.3 is 5.97 Å². The molecule has 2 aliphatic rings. The fraction of sp³-hybridized carbons (Fsp3) is 0.643. The third-order valence-electron chi connectivity index (χ3n) is 4.00. The van der Waals surface area contributed by atoms with Crippen LogP contribution in [-0.4, -0.2) is 49.4 Å². The Kier molecular flexibility index (Phi) is 3.82. The first-order valence-corrected chi connectivity index (χ1v) is 7.07. The van der Waals surface area contributed by atoms with E-state index in [9.17, 15) is 4.79 Å². The van der Waals surface area contributed by atoms with Crippen LogP contribution in [0.1, 0.15) is 41.2 Å². The molecule has 6 heteroatoms. The molecule has 1 saturated heterocycles. The van der Waals surface area contributed by atoms with Crippen LogP contribution < -0.4 is 4.90 Å². The SMILES string of the molecule is COC(=O)c1cnc(N2CCOCC2)nc1C1CCC1. The lowest BCUT2D eigenvalue weighted by molar-refractivity contribution is 0.0596. The largest absolute Gasteiger partial charge is 0.465 e. The monoisotopic (exact) mass is 277 g/mol. The number of esters is 1. The molecule has 1 aromatic rings. The van der Waals surface area contributed by atoms with Gasteiger partial charge in [-0.2, -0.15) is 0 Å². The van der Waals surface area contributed by atoms with Crippen LogP contribution in [0.15, 0.2) is 6.20 Å². The highest BCUT2D eigenvalue weighted by molar-refractivity contribution is 5.90. The summed E-state index contributed by atoms with van der Waals surface area (Å²) in [5, 5.41) is 0. The van der Waals surface area contributed by atoms with Crippen LogP contribution in [0.25, 0.3) is 0 Å². The number of morpholine rings is 1. The van der Waals surface area contributed by atoms with Gasteiger partial charge in [0, 0.05) is 25.2 Å². The van der Waals surface area contributed by atoms with Gasteiger partial charge in [0.1, 0.15) is 0 Å². The van der Waals surface area contributed by atoms with Gasteiger partial charge in [0.15, 0.2) is 0 Å². The van der Waals surface area contributed by atoms with Gasteiger partial charge in [-0.25, -0.2) is 14.8 Å². The zero-order valence-corrected chi connectivity index (χ0v) is 11.7. The fourth-order valence-electron chi connectivity index (χ4n) is 2.56. The summed E-state index contributed by atoms with van der Waals surface area (Å²) >= 11 is 0. The van der Waals surface area contributed by atoms with Gasteiger partial charge in [-0.1, -0.05) is 6.42 Å². The van der Waals surface area contributed by atoms with Gasteiger partial charge in [0.2, 0.25) is 5.95 Å². The van der Waals surface area contributed by atoms with Crippen molar-refractivity contribution in [1.82, 2.24) is 9.97 Å². The quantitative estimate of drug-likeness (QED) is 0.777. The predicted octanol–water partition coefficient (Wildman–Crippen LogP) is 1.37. The van der Waals surface area contributed by atoms with Gasteiger partial charge in [-0.15, -0.1) is 0 Å². The molecule has 0 N–H and O–H groups in total. The maximum atomic E-state index is 11.8. The standard InChI is InChI=1S/C14H19N3O3/c1-19-13(18)11-9-15-14(17-5-7-20-8-6-17)16-12(11)10-3-2-4-10/h9-10H,2-8H2,1H3. The van der Waals surface area contributed by atoms with E-state index >= 15 is 0 Å². The van der Waals surface area contributed by atoms with Crippen molar-refractivity contribution in [3.8, 4) is 0 Å². The summed E-state index contributed by atoms with van der Waals surface area (Å²) in [6.07, 6.45) is 4.98. The summed E-state index contributed by atoms with van der Waals surface area (Å²) in [5.74, 6) is 0.718. The Morgan fingerprint density at radius 2 is 2.15 bits per heavy atom. The first-order valence-electron chi connectivity index (χ1n) is 7.07. The number of hydrogen-bond acceptors (Lipinski definition) is 6. The summed E-state index contributed by atoms with van der Waals surface area (Å²) in [4.78, 5) is 22.9. The number of nitrogens with zero attached hydrogens (tertiary/aromatic N) is 3. The lowest BCUT2D eigenvalue weighted by Crippen LogP contribution is -2.37. The molecule has 1 aromatic heterocycles. The Labute approximate surface area is 118 Å². The smallest absolute Gasteiger partial charge is 0.341 e. The molecule has 0 aromatic carbocycles. The number of hydrogen-bond donors (Lipinski definition) is 0. The van der Waals surface area contributed by atoms with E-state index in [4.69, 9.17) is 9.47 Å². The van der Waals surface area contributed by atoms with Gasteiger partial charge in [-0.05, 0) is 12.8 Å². The highest BCUT2D eigenvalue weighted by Crippen LogP contribution is 2.37. The highest BCUT2D eigenvalue weighted by atomic mass is 16.5. The molecule has 0 amide bonds. The minimum absolute atomic E-state index is 0.347. The number of aromatic nitrogens is 2. The first-order chi connectivity index (χ1) is 9.79. The fourth-order valence-corrected chi connectivity index (χ4v) is 2.56. The summed E-state index contributed by atoms with van der Waals surface area (Å²) in [5.41, 5.74) is 1.36. The minimum atomic E-state index is -0.347. The molecule has 0 unspecified atom stereocenters. The second-order valence-corrected chi connectivity index (χ2v) is 5.19. The lowest BCUT2D eigenvalue weighted by Gasteiger charge is -2.30. The third-order valence-corrected chi connectivity index (χ3v) is 4.00. The van der Waals surface area contributed by atoms with Crippen LogP contribution in [0.2, 0.25) is 0 Å². The average molecular weight is 277 g/mol. The van der Waals surface area contributed by atoms with Crippen LogP contribution in [0.5, 0.6) is 0 Å². The topological polar surface area (TPSA) is 64.5 Å². The van der Waals surface area contributed by atoms with Crippen molar-refractivity contribution in [2.75, 3.05) is 38.3 Å². The molecule has 0 spiro atoms. The normalized spacial score (nSPS) is 19.6. The molecule has 20 heavy (non-hydrogen) atoms. The van der Waals surface area contributed by atoms with E-state index in [2.05, 4.69) is 14.9 Å². The lowest BCUT2D eigenvalue weighted by atomic mass is 9.81. The van der Waals surface area contributed by atoms with E-state index in [0.717, 1.165) is 31.6 Å². The van der Waals surface area contributed by atoms with Crippen LogP contribution >= 0.6 is 0 Å². The molecule has 2 fully saturated rings. The van der Waals surface area contributed by atoms with E-state index in [1.807, 2.05) is 0 Å². The average Bonchev–Trinajstić information content (AvgIpc) is 2.45. The van der Waals surface area contributed by atoms with E-state index < -0.39 is 0 Å². The summed E-state index contributed by atoms with van der Waals surface area (Å²) in [7, 11) is 1.39. The molecule has 108 valence electrons. The zero-order valence-electron chi connectivity index (χ0n) is 11.7. The van der Waals surface area contributed by atoms with Gasteiger partial charge in [0.05, 0.1) is 31.6 Å². The third kappa shape index (κ3) is 2.47. The van der Waals surface area contributed by atoms with Gasteiger partial charge in [-0.3, -0.25) is 0 Å². The van der Waals surface area contributed by atoms with E-state index in [1.54, 1.807) is 6.20 Å². The van der Waals surface area contributed by atoms with E-state index in [1.165, 1.54) is 13.5 Å². The second kappa shape index (κ2) is 5.75. The summed E-state index contributed by atoms with van der Waals surface area (Å²) in [6, 6.07) is 0. The molecule has 3 rings (SSSR count). The molecule has 2 heterocycles.